The molecule has 1 aromatic carbocycles. The molecule has 0 amide bonds. The zero-order valence-corrected chi connectivity index (χ0v) is 11.5. The number of rotatable bonds is 5. The van der Waals surface area contributed by atoms with Crippen LogP contribution in [0.2, 0.25) is 5.02 Å². The molecule has 1 N–H and O–H groups in total. The van der Waals surface area contributed by atoms with Crippen LogP contribution in [-0.4, -0.2) is 31.6 Å². The largest absolute Gasteiger partial charge is 0.381 e. The Kier molecular flexibility index (Phi) is 4.11. The molecular formula is C14H18ClN3. The third-order valence-corrected chi connectivity index (χ3v) is 3.77. The predicted molar refractivity (Wildman–Crippen MR) is 74.9 cm³/mol. The molecule has 0 heterocycles. The van der Waals surface area contributed by atoms with Gasteiger partial charge in [0.25, 0.3) is 0 Å². The molecular weight excluding hydrogens is 246 g/mol. The molecule has 18 heavy (non-hydrogen) atoms. The highest BCUT2D eigenvalue weighted by Gasteiger charge is 2.32. The van der Waals surface area contributed by atoms with Crippen molar-refractivity contribution in [2.45, 2.75) is 18.9 Å². The van der Waals surface area contributed by atoms with Crippen molar-refractivity contribution in [3.05, 3.63) is 28.8 Å². The summed E-state index contributed by atoms with van der Waals surface area (Å²) in [5, 5.41) is 13.0. The quantitative estimate of drug-likeness (QED) is 0.888. The van der Waals surface area contributed by atoms with E-state index < -0.39 is 0 Å². The molecule has 0 radical (unpaired) electrons. The highest BCUT2D eigenvalue weighted by Crippen LogP contribution is 2.35. The van der Waals surface area contributed by atoms with Gasteiger partial charge in [-0.25, -0.2) is 0 Å². The number of nitrogens with one attached hydrogen (secondary N) is 1. The van der Waals surface area contributed by atoms with Crippen molar-refractivity contribution in [3.8, 4) is 6.07 Å². The summed E-state index contributed by atoms with van der Waals surface area (Å²) in [6.45, 7) is 0.829. The lowest BCUT2D eigenvalue weighted by Gasteiger charge is -2.25. The molecule has 1 atom stereocenters. The first-order valence-corrected chi connectivity index (χ1v) is 6.60. The molecule has 1 saturated carbocycles. The van der Waals surface area contributed by atoms with E-state index in [-0.39, 0.29) is 0 Å². The average molecular weight is 264 g/mol. The van der Waals surface area contributed by atoms with Crippen LogP contribution >= 0.6 is 11.6 Å². The van der Waals surface area contributed by atoms with Crippen molar-refractivity contribution in [1.82, 2.24) is 4.90 Å². The van der Waals surface area contributed by atoms with Crippen molar-refractivity contribution in [1.29, 1.82) is 5.26 Å². The van der Waals surface area contributed by atoms with Crippen LogP contribution in [0.3, 0.4) is 0 Å². The Labute approximate surface area is 113 Å². The molecule has 3 nitrogen and oxygen atoms in total. The molecule has 1 aromatic rings. The number of hydrogen-bond donors (Lipinski definition) is 1. The summed E-state index contributed by atoms with van der Waals surface area (Å²) >= 11 is 6.14. The summed E-state index contributed by atoms with van der Waals surface area (Å²) in [6, 6.07) is 8.08. The first-order chi connectivity index (χ1) is 8.63. The minimum Gasteiger partial charge on any atom is -0.381 e. The molecule has 4 heteroatoms. The highest BCUT2D eigenvalue weighted by atomic mass is 35.5. The van der Waals surface area contributed by atoms with Gasteiger partial charge in [-0.15, -0.1) is 0 Å². The maximum atomic E-state index is 9.08. The maximum Gasteiger partial charge on any atom is 0.101 e. The van der Waals surface area contributed by atoms with E-state index in [1.807, 2.05) is 6.07 Å². The molecule has 0 saturated heterocycles. The van der Waals surface area contributed by atoms with E-state index in [1.54, 1.807) is 12.1 Å². The Hall–Kier alpha value is -1.24. The fraction of sp³-hybridized carbons (Fsp3) is 0.500. The monoisotopic (exact) mass is 263 g/mol. The number of benzene rings is 1. The van der Waals surface area contributed by atoms with Gasteiger partial charge in [-0.1, -0.05) is 17.7 Å². The topological polar surface area (TPSA) is 39.1 Å². The second kappa shape index (κ2) is 5.60. The van der Waals surface area contributed by atoms with E-state index in [1.165, 1.54) is 12.8 Å². The summed E-state index contributed by atoms with van der Waals surface area (Å²) < 4.78 is 0. The van der Waals surface area contributed by atoms with Crippen molar-refractivity contribution >= 4 is 17.3 Å². The summed E-state index contributed by atoms with van der Waals surface area (Å²) in [4.78, 5) is 2.24. The zero-order valence-electron chi connectivity index (χ0n) is 10.8. The second-order valence-corrected chi connectivity index (χ2v) is 5.43. The van der Waals surface area contributed by atoms with Crippen LogP contribution in [0.1, 0.15) is 18.4 Å². The highest BCUT2D eigenvalue weighted by molar-refractivity contribution is 6.33. The van der Waals surface area contributed by atoms with Gasteiger partial charge in [-0.05, 0) is 45.0 Å². The van der Waals surface area contributed by atoms with E-state index in [0.29, 0.717) is 16.6 Å². The SMILES string of the molecule is CN(C)C(CNc1c(Cl)cccc1C#N)C1CC1. The molecule has 1 unspecified atom stereocenters. The number of nitrogens with zero attached hydrogens (tertiary/aromatic N) is 2. The molecule has 1 aliphatic carbocycles. The number of hydrogen-bond acceptors (Lipinski definition) is 3. The number of nitriles is 1. The van der Waals surface area contributed by atoms with Gasteiger partial charge in [0.05, 0.1) is 16.3 Å². The lowest BCUT2D eigenvalue weighted by atomic mass is 10.1. The fourth-order valence-electron chi connectivity index (χ4n) is 2.26. The van der Waals surface area contributed by atoms with Gasteiger partial charge in [-0.2, -0.15) is 5.26 Å². The van der Waals surface area contributed by atoms with E-state index in [0.717, 1.165) is 18.2 Å². The van der Waals surface area contributed by atoms with Crippen molar-refractivity contribution in [2.75, 3.05) is 26.0 Å². The lowest BCUT2D eigenvalue weighted by Crippen LogP contribution is -2.36. The van der Waals surface area contributed by atoms with Gasteiger partial charge in [0.2, 0.25) is 0 Å². The summed E-state index contributed by atoms with van der Waals surface area (Å²) in [6.07, 6.45) is 2.61. The van der Waals surface area contributed by atoms with Crippen LogP contribution in [0, 0.1) is 17.2 Å². The third kappa shape index (κ3) is 2.95. The molecule has 96 valence electrons. The van der Waals surface area contributed by atoms with Crippen LogP contribution in [0.15, 0.2) is 18.2 Å². The van der Waals surface area contributed by atoms with Gasteiger partial charge in [0.15, 0.2) is 0 Å². The Balaban J connectivity index is 2.07. The molecule has 0 bridgehead atoms. The second-order valence-electron chi connectivity index (χ2n) is 5.02. The summed E-state index contributed by atoms with van der Waals surface area (Å²) in [5.41, 5.74) is 1.37. The molecule has 0 aromatic heterocycles. The Morgan fingerprint density at radius 3 is 2.78 bits per heavy atom. The van der Waals surface area contributed by atoms with Crippen molar-refractivity contribution in [3.63, 3.8) is 0 Å². The number of halogens is 1. The fourth-order valence-corrected chi connectivity index (χ4v) is 2.50. The van der Waals surface area contributed by atoms with E-state index >= 15 is 0 Å². The number of anilines is 1. The van der Waals surface area contributed by atoms with Crippen LogP contribution in [0.5, 0.6) is 0 Å². The summed E-state index contributed by atoms with van der Waals surface area (Å²) in [5.74, 6) is 0.778. The van der Waals surface area contributed by atoms with Gasteiger partial charge in [-0.3, -0.25) is 0 Å². The van der Waals surface area contributed by atoms with Crippen LogP contribution in [-0.2, 0) is 0 Å². The van der Waals surface area contributed by atoms with E-state index in [9.17, 15) is 0 Å². The molecule has 0 aliphatic heterocycles. The van der Waals surface area contributed by atoms with Crippen molar-refractivity contribution < 1.29 is 0 Å². The van der Waals surface area contributed by atoms with Gasteiger partial charge in [0.1, 0.15) is 6.07 Å². The first-order valence-electron chi connectivity index (χ1n) is 6.22. The molecule has 2 rings (SSSR count). The number of likely N-dealkylation sites (N-methyl/N-ethyl adjacent to an activating group) is 1. The van der Waals surface area contributed by atoms with E-state index in [4.69, 9.17) is 16.9 Å². The predicted octanol–water partition coefficient (Wildman–Crippen LogP) is 2.96. The summed E-state index contributed by atoms with van der Waals surface area (Å²) in [7, 11) is 4.20. The van der Waals surface area contributed by atoms with E-state index in [2.05, 4.69) is 30.4 Å². The van der Waals surface area contributed by atoms with Gasteiger partial charge in [0, 0.05) is 12.6 Å². The third-order valence-electron chi connectivity index (χ3n) is 3.45. The molecule has 0 spiro atoms. The number of para-hydroxylation sites is 1. The molecule has 1 fully saturated rings. The van der Waals surface area contributed by atoms with Crippen LogP contribution < -0.4 is 5.32 Å². The molecule has 1 aliphatic rings. The average Bonchev–Trinajstić information content (AvgIpc) is 3.15. The first kappa shape index (κ1) is 13.2. The Morgan fingerprint density at radius 2 is 2.22 bits per heavy atom. The maximum absolute atomic E-state index is 9.08. The smallest absolute Gasteiger partial charge is 0.101 e. The van der Waals surface area contributed by atoms with Crippen LogP contribution in [0.25, 0.3) is 0 Å². The Bertz CT molecular complexity index is 459. The normalized spacial score (nSPS) is 16.4. The minimum atomic E-state index is 0.507. The lowest BCUT2D eigenvalue weighted by molar-refractivity contribution is 0.276. The van der Waals surface area contributed by atoms with Crippen LogP contribution in [0.4, 0.5) is 5.69 Å². The minimum absolute atomic E-state index is 0.507. The van der Waals surface area contributed by atoms with Gasteiger partial charge < -0.3 is 10.2 Å². The van der Waals surface area contributed by atoms with Crippen molar-refractivity contribution in [2.24, 2.45) is 5.92 Å². The van der Waals surface area contributed by atoms with Gasteiger partial charge >= 0.3 is 0 Å². The standard InChI is InChI=1S/C14H18ClN3/c1-18(2)13(10-6-7-10)9-17-14-11(8-16)4-3-5-12(14)15/h3-5,10,13,17H,6-7,9H2,1-2H3. The Morgan fingerprint density at radius 1 is 1.50 bits per heavy atom. The zero-order chi connectivity index (χ0) is 13.1.